The van der Waals surface area contributed by atoms with Crippen LogP contribution in [0.1, 0.15) is 11.4 Å². The van der Waals surface area contributed by atoms with E-state index < -0.39 is 0 Å². The summed E-state index contributed by atoms with van der Waals surface area (Å²) in [6, 6.07) is 7.15. The smallest absolute Gasteiger partial charge is 0.225 e. The van der Waals surface area contributed by atoms with E-state index in [2.05, 4.69) is 20.1 Å². The van der Waals surface area contributed by atoms with Crippen LogP contribution in [0.15, 0.2) is 29.4 Å². The Bertz CT molecular complexity index is 566. The number of rotatable bonds is 4. The highest BCUT2D eigenvalue weighted by Gasteiger charge is 2.01. The molecular formula is C11H11ClN6O. The van der Waals surface area contributed by atoms with Gasteiger partial charge in [-0.25, -0.2) is 0 Å². The fraction of sp³-hybridized carbons (Fsp3) is 0.0909. The van der Waals surface area contributed by atoms with E-state index in [1.54, 1.807) is 18.3 Å². The fourth-order valence-electron chi connectivity index (χ4n) is 1.26. The molecule has 0 aliphatic heterocycles. The normalized spacial score (nSPS) is 10.8. The lowest BCUT2D eigenvalue weighted by atomic mass is 10.2. The maximum absolute atomic E-state index is 5.76. The number of halogens is 1. The summed E-state index contributed by atoms with van der Waals surface area (Å²) in [6.07, 6.45) is 1.55. The molecule has 7 nitrogen and oxygen atoms in total. The van der Waals surface area contributed by atoms with Gasteiger partial charge in [-0.05, 0) is 17.7 Å². The number of benzene rings is 1. The van der Waals surface area contributed by atoms with Gasteiger partial charge in [-0.2, -0.15) is 15.0 Å². The molecule has 0 saturated carbocycles. The van der Waals surface area contributed by atoms with E-state index in [1.165, 1.54) is 0 Å². The Balaban J connectivity index is 1.91. The third-order valence-electron chi connectivity index (χ3n) is 2.06. The van der Waals surface area contributed by atoms with E-state index in [1.807, 2.05) is 12.1 Å². The van der Waals surface area contributed by atoms with Crippen molar-refractivity contribution in [3.63, 3.8) is 0 Å². The minimum absolute atomic E-state index is 0.0489. The number of hydrogen-bond donors (Lipinski definition) is 2. The number of nitrogen functional groups attached to an aromatic ring is 2. The maximum Gasteiger partial charge on any atom is 0.225 e. The highest BCUT2D eigenvalue weighted by Crippen LogP contribution is 2.08. The molecule has 98 valence electrons. The highest BCUT2D eigenvalue weighted by molar-refractivity contribution is 6.30. The largest absolute Gasteiger partial charge is 0.388 e. The predicted octanol–water partition coefficient (Wildman–Crippen LogP) is 1.24. The zero-order chi connectivity index (χ0) is 13.7. The molecule has 8 heteroatoms. The Morgan fingerprint density at radius 2 is 1.74 bits per heavy atom. The number of nitrogens with zero attached hydrogens (tertiary/aromatic N) is 4. The average molecular weight is 279 g/mol. The van der Waals surface area contributed by atoms with Crippen LogP contribution in [0.2, 0.25) is 5.02 Å². The lowest BCUT2D eigenvalue weighted by molar-refractivity contribution is 0.126. The Labute approximate surface area is 114 Å². The van der Waals surface area contributed by atoms with Gasteiger partial charge < -0.3 is 16.3 Å². The van der Waals surface area contributed by atoms with Crippen molar-refractivity contribution >= 4 is 29.7 Å². The van der Waals surface area contributed by atoms with E-state index in [4.69, 9.17) is 27.9 Å². The molecule has 19 heavy (non-hydrogen) atoms. The summed E-state index contributed by atoms with van der Waals surface area (Å²) in [4.78, 5) is 16.4. The van der Waals surface area contributed by atoms with Gasteiger partial charge in [-0.15, -0.1) is 0 Å². The van der Waals surface area contributed by atoms with Crippen LogP contribution in [0.25, 0.3) is 0 Å². The topological polar surface area (TPSA) is 112 Å². The monoisotopic (exact) mass is 278 g/mol. The van der Waals surface area contributed by atoms with Gasteiger partial charge in [0.05, 0.1) is 6.21 Å². The molecule has 0 spiro atoms. The van der Waals surface area contributed by atoms with Crippen LogP contribution in [-0.4, -0.2) is 21.2 Å². The zero-order valence-corrected chi connectivity index (χ0v) is 10.6. The molecule has 2 rings (SSSR count). The van der Waals surface area contributed by atoms with Crippen LogP contribution >= 0.6 is 11.6 Å². The SMILES string of the molecule is Nc1nc(N)nc(CO/N=C\c2ccc(Cl)cc2)n1. The van der Waals surface area contributed by atoms with E-state index in [0.29, 0.717) is 10.8 Å². The Morgan fingerprint density at radius 1 is 1.11 bits per heavy atom. The molecule has 2 aromatic rings. The molecule has 0 radical (unpaired) electrons. The van der Waals surface area contributed by atoms with Gasteiger partial charge in [0.1, 0.15) is 0 Å². The molecule has 0 aliphatic rings. The van der Waals surface area contributed by atoms with Gasteiger partial charge in [0, 0.05) is 5.02 Å². The first-order chi connectivity index (χ1) is 9.13. The summed E-state index contributed by atoms with van der Waals surface area (Å²) in [5, 5.41) is 4.44. The molecule has 1 aromatic heterocycles. The van der Waals surface area contributed by atoms with Crippen molar-refractivity contribution in [2.45, 2.75) is 6.61 Å². The van der Waals surface area contributed by atoms with Gasteiger partial charge in [0.2, 0.25) is 11.9 Å². The number of oxime groups is 1. The van der Waals surface area contributed by atoms with Crippen molar-refractivity contribution < 1.29 is 4.84 Å². The van der Waals surface area contributed by atoms with Crippen LogP contribution in [0, 0.1) is 0 Å². The number of hydrogen-bond acceptors (Lipinski definition) is 7. The molecule has 4 N–H and O–H groups in total. The summed E-state index contributed by atoms with van der Waals surface area (Å²) in [6.45, 7) is 0.0566. The van der Waals surface area contributed by atoms with Crippen molar-refractivity contribution in [1.82, 2.24) is 15.0 Å². The second-order valence-corrected chi connectivity index (χ2v) is 3.96. The molecule has 0 atom stereocenters. The molecule has 0 saturated heterocycles. The van der Waals surface area contributed by atoms with Crippen LogP contribution in [-0.2, 0) is 11.4 Å². The van der Waals surface area contributed by atoms with Crippen LogP contribution in [0.3, 0.4) is 0 Å². The van der Waals surface area contributed by atoms with Gasteiger partial charge in [0.15, 0.2) is 12.4 Å². The van der Waals surface area contributed by atoms with Crippen molar-refractivity contribution in [1.29, 1.82) is 0 Å². The minimum Gasteiger partial charge on any atom is -0.388 e. The summed E-state index contributed by atoms with van der Waals surface area (Å²) in [5.74, 6) is 0.416. The van der Waals surface area contributed by atoms with Crippen molar-refractivity contribution in [3.05, 3.63) is 40.7 Å². The number of nitrogens with two attached hydrogens (primary N) is 2. The fourth-order valence-corrected chi connectivity index (χ4v) is 1.39. The molecule has 1 aromatic carbocycles. The molecule has 0 bridgehead atoms. The first-order valence-electron chi connectivity index (χ1n) is 5.30. The van der Waals surface area contributed by atoms with Gasteiger partial charge >= 0.3 is 0 Å². The molecule has 0 amide bonds. The standard InChI is InChI=1S/C11H11ClN6O/c12-8-3-1-7(2-4-8)5-15-19-6-9-16-10(13)18-11(14)17-9/h1-5H,6H2,(H4,13,14,16,17,18)/b15-5-. The maximum atomic E-state index is 5.76. The lowest BCUT2D eigenvalue weighted by Gasteiger charge is -2.00. The summed E-state index contributed by atoms with van der Waals surface area (Å²) >= 11 is 5.76. The van der Waals surface area contributed by atoms with Crippen LogP contribution < -0.4 is 11.5 Å². The Hall–Kier alpha value is -2.41. The van der Waals surface area contributed by atoms with E-state index >= 15 is 0 Å². The van der Waals surface area contributed by atoms with Crippen LogP contribution in [0.5, 0.6) is 0 Å². The highest BCUT2D eigenvalue weighted by atomic mass is 35.5. The molecule has 0 aliphatic carbocycles. The number of anilines is 2. The summed E-state index contributed by atoms with van der Waals surface area (Å²) < 4.78 is 0. The van der Waals surface area contributed by atoms with Crippen LogP contribution in [0.4, 0.5) is 11.9 Å². The Kier molecular flexibility index (Phi) is 4.09. The average Bonchev–Trinajstić information content (AvgIpc) is 2.36. The third kappa shape index (κ3) is 4.07. The lowest BCUT2D eigenvalue weighted by Crippen LogP contribution is -2.07. The molecule has 0 fully saturated rings. The van der Waals surface area contributed by atoms with Crippen molar-refractivity contribution in [2.75, 3.05) is 11.5 Å². The minimum atomic E-state index is 0.0489. The first kappa shape index (κ1) is 13.0. The zero-order valence-electron chi connectivity index (χ0n) is 9.82. The molecule has 0 unspecified atom stereocenters. The number of aromatic nitrogens is 3. The molecule has 1 heterocycles. The van der Waals surface area contributed by atoms with E-state index in [-0.39, 0.29) is 18.5 Å². The predicted molar refractivity (Wildman–Crippen MR) is 72.5 cm³/mol. The van der Waals surface area contributed by atoms with Crippen molar-refractivity contribution in [3.8, 4) is 0 Å². The quantitative estimate of drug-likeness (QED) is 0.643. The van der Waals surface area contributed by atoms with Crippen molar-refractivity contribution in [2.24, 2.45) is 5.16 Å². The second kappa shape index (κ2) is 5.96. The first-order valence-corrected chi connectivity index (χ1v) is 5.68. The summed E-state index contributed by atoms with van der Waals surface area (Å²) in [7, 11) is 0. The molecular weight excluding hydrogens is 268 g/mol. The van der Waals surface area contributed by atoms with Gasteiger partial charge in [-0.1, -0.05) is 28.9 Å². The van der Waals surface area contributed by atoms with E-state index in [0.717, 1.165) is 5.56 Å². The van der Waals surface area contributed by atoms with E-state index in [9.17, 15) is 0 Å². The second-order valence-electron chi connectivity index (χ2n) is 3.53. The Morgan fingerprint density at radius 3 is 2.37 bits per heavy atom. The third-order valence-corrected chi connectivity index (χ3v) is 2.31. The summed E-state index contributed by atoms with van der Waals surface area (Å²) in [5.41, 5.74) is 11.7. The van der Waals surface area contributed by atoms with Gasteiger partial charge in [-0.3, -0.25) is 0 Å². The van der Waals surface area contributed by atoms with Gasteiger partial charge in [0.25, 0.3) is 0 Å².